The van der Waals surface area contributed by atoms with Crippen molar-refractivity contribution in [2.75, 3.05) is 43.4 Å². The highest BCUT2D eigenvalue weighted by Crippen LogP contribution is 2.39. The summed E-state index contributed by atoms with van der Waals surface area (Å²) in [4.78, 5) is 23.6. The van der Waals surface area contributed by atoms with E-state index in [0.29, 0.717) is 5.95 Å². The van der Waals surface area contributed by atoms with E-state index in [4.69, 9.17) is 9.98 Å². The summed E-state index contributed by atoms with van der Waals surface area (Å²) in [6, 6.07) is 6.35. The topological polar surface area (TPSA) is 74.5 Å². The molecule has 1 saturated carbocycles. The van der Waals surface area contributed by atoms with E-state index in [9.17, 15) is 0 Å². The first kappa shape index (κ1) is 19.7. The lowest BCUT2D eigenvalue weighted by Crippen LogP contribution is -2.44. The van der Waals surface area contributed by atoms with Gasteiger partial charge in [-0.25, -0.2) is 9.97 Å². The predicted molar refractivity (Wildman–Crippen MR) is 128 cm³/mol. The molecule has 166 valence electrons. The number of nitrogens with one attached hydrogen (secondary N) is 1. The molecule has 0 radical (unpaired) electrons. The van der Waals surface area contributed by atoms with Gasteiger partial charge in [0, 0.05) is 49.7 Å². The number of hydrogen-bond donors (Lipinski definition) is 1. The number of pyridine rings is 1. The van der Waals surface area contributed by atoms with Crippen molar-refractivity contribution in [3.8, 4) is 0 Å². The highest BCUT2D eigenvalue weighted by atomic mass is 15.3. The minimum atomic E-state index is -0.0262. The van der Waals surface area contributed by atoms with E-state index in [1.165, 1.54) is 30.6 Å². The molecule has 0 bridgehead atoms. The molecule has 0 amide bonds. The van der Waals surface area contributed by atoms with Crippen LogP contribution in [0.1, 0.15) is 37.8 Å². The highest BCUT2D eigenvalue weighted by Gasteiger charge is 2.37. The normalized spacial score (nSPS) is 20.6. The number of aliphatic imine (C=N–C) groups is 1. The van der Waals surface area contributed by atoms with E-state index in [1.54, 1.807) is 0 Å². The lowest BCUT2D eigenvalue weighted by Gasteiger charge is -2.39. The Balaban J connectivity index is 1.27. The Morgan fingerprint density at radius 1 is 0.969 bits per heavy atom. The fraction of sp³-hybridized carbons (Fsp3) is 0.500. The van der Waals surface area contributed by atoms with Gasteiger partial charge in [-0.05, 0) is 38.1 Å². The number of fused-ring (bicyclic) bond motifs is 4. The molecule has 8 heteroatoms. The highest BCUT2D eigenvalue weighted by molar-refractivity contribution is 5.82. The van der Waals surface area contributed by atoms with Gasteiger partial charge < -0.3 is 19.7 Å². The van der Waals surface area contributed by atoms with Gasteiger partial charge in [-0.2, -0.15) is 4.98 Å². The van der Waals surface area contributed by atoms with Crippen molar-refractivity contribution in [3.63, 3.8) is 0 Å². The third-order valence-electron chi connectivity index (χ3n) is 7.22. The van der Waals surface area contributed by atoms with Gasteiger partial charge >= 0.3 is 0 Å². The first-order chi connectivity index (χ1) is 15.7. The summed E-state index contributed by atoms with van der Waals surface area (Å²) in [5.74, 6) is 1.35. The number of piperazine rings is 1. The molecule has 1 N–H and O–H groups in total. The lowest BCUT2D eigenvalue weighted by molar-refractivity contribution is 0.282. The number of likely N-dealkylation sites (N-methyl/N-ethyl adjacent to an activating group) is 1. The predicted octanol–water partition coefficient (Wildman–Crippen LogP) is 3.57. The molecule has 0 unspecified atom stereocenters. The summed E-state index contributed by atoms with van der Waals surface area (Å²) in [5.41, 5.74) is 3.38. The second kappa shape index (κ2) is 7.85. The first-order valence-electron chi connectivity index (χ1n) is 11.8. The third kappa shape index (κ3) is 3.43. The average molecular weight is 431 g/mol. The Morgan fingerprint density at radius 3 is 2.59 bits per heavy atom. The molecular formula is C24H30N8. The smallest absolute Gasteiger partial charge is 0.230 e. The molecule has 3 aromatic heterocycles. The number of nitrogens with zero attached hydrogens (tertiary/aromatic N) is 7. The summed E-state index contributed by atoms with van der Waals surface area (Å²) < 4.78 is 2.44. The molecule has 6 rings (SSSR count). The molecule has 1 spiro atoms. The second-order valence-corrected chi connectivity index (χ2v) is 9.39. The lowest BCUT2D eigenvalue weighted by atomic mass is 9.81. The monoisotopic (exact) mass is 430 g/mol. The molecule has 32 heavy (non-hydrogen) atoms. The van der Waals surface area contributed by atoms with Gasteiger partial charge in [-0.1, -0.05) is 19.3 Å². The number of rotatable bonds is 3. The number of aromatic nitrogens is 4. The Kier molecular flexibility index (Phi) is 4.82. The third-order valence-corrected chi connectivity index (χ3v) is 7.22. The van der Waals surface area contributed by atoms with Gasteiger partial charge in [-0.3, -0.25) is 4.99 Å². The molecule has 2 aliphatic heterocycles. The standard InChI is InChI=1S/C24H30N8/c1-30-9-11-31(12-10-30)19-5-6-21(26-16-19)28-23-27-14-18-13-20-15-25-17-24(7-3-2-4-8-24)32(20)22(18)29-23/h5-6,13-14,16-17H,2-4,7-12,15H2,1H3,(H,26,27,28,29). The van der Waals surface area contributed by atoms with Crippen molar-refractivity contribution in [3.05, 3.63) is 36.3 Å². The van der Waals surface area contributed by atoms with Crippen molar-refractivity contribution in [1.29, 1.82) is 0 Å². The second-order valence-electron chi connectivity index (χ2n) is 9.39. The number of anilines is 3. The van der Waals surface area contributed by atoms with Crippen molar-refractivity contribution in [1.82, 2.24) is 24.4 Å². The van der Waals surface area contributed by atoms with Crippen molar-refractivity contribution >= 4 is 34.7 Å². The van der Waals surface area contributed by atoms with Crippen LogP contribution in [0.25, 0.3) is 11.0 Å². The van der Waals surface area contributed by atoms with Crippen molar-refractivity contribution < 1.29 is 0 Å². The molecule has 2 fully saturated rings. The fourth-order valence-electron chi connectivity index (χ4n) is 5.43. The largest absolute Gasteiger partial charge is 0.368 e. The van der Waals surface area contributed by atoms with E-state index in [1.807, 2.05) is 18.5 Å². The van der Waals surface area contributed by atoms with Crippen LogP contribution < -0.4 is 10.2 Å². The van der Waals surface area contributed by atoms with Crippen LogP contribution in [0.4, 0.5) is 17.5 Å². The quantitative estimate of drug-likeness (QED) is 0.685. The molecule has 1 aliphatic carbocycles. The SMILES string of the molecule is CN1CCN(c2ccc(Nc3ncc4cc5n(c4n3)C3(C=NC5)CCCCC3)nc2)CC1. The molecule has 3 aromatic rings. The summed E-state index contributed by atoms with van der Waals surface area (Å²) in [5, 5.41) is 4.40. The van der Waals surface area contributed by atoms with Crippen LogP contribution in [0.3, 0.4) is 0 Å². The van der Waals surface area contributed by atoms with Crippen LogP contribution in [-0.2, 0) is 12.1 Å². The fourth-order valence-corrected chi connectivity index (χ4v) is 5.43. The van der Waals surface area contributed by atoms with E-state index in [-0.39, 0.29) is 5.54 Å². The Morgan fingerprint density at radius 2 is 1.81 bits per heavy atom. The molecule has 8 nitrogen and oxygen atoms in total. The molecule has 0 atom stereocenters. The zero-order valence-corrected chi connectivity index (χ0v) is 18.7. The van der Waals surface area contributed by atoms with Crippen LogP contribution in [0.5, 0.6) is 0 Å². The van der Waals surface area contributed by atoms with E-state index < -0.39 is 0 Å². The van der Waals surface area contributed by atoms with Crippen LogP contribution in [0.15, 0.2) is 35.6 Å². The van der Waals surface area contributed by atoms with Gasteiger partial charge in [0.1, 0.15) is 11.5 Å². The molecule has 3 aliphatic rings. The van der Waals surface area contributed by atoms with Crippen molar-refractivity contribution in [2.24, 2.45) is 4.99 Å². The van der Waals surface area contributed by atoms with Crippen LogP contribution >= 0.6 is 0 Å². The van der Waals surface area contributed by atoms with Gasteiger partial charge in [0.15, 0.2) is 0 Å². The van der Waals surface area contributed by atoms with E-state index in [0.717, 1.165) is 62.4 Å². The zero-order chi connectivity index (χ0) is 21.5. The summed E-state index contributed by atoms with van der Waals surface area (Å²) in [6.45, 7) is 4.96. The summed E-state index contributed by atoms with van der Waals surface area (Å²) >= 11 is 0. The Labute approximate surface area is 188 Å². The summed E-state index contributed by atoms with van der Waals surface area (Å²) in [6.07, 6.45) is 12.1. The molecule has 0 aromatic carbocycles. The number of hydrogen-bond acceptors (Lipinski definition) is 7. The maximum atomic E-state index is 4.94. The Hall–Kier alpha value is -3.00. The van der Waals surface area contributed by atoms with Gasteiger partial charge in [0.05, 0.1) is 24.0 Å². The average Bonchev–Trinajstić information content (AvgIpc) is 3.20. The van der Waals surface area contributed by atoms with E-state index in [2.05, 4.69) is 55.0 Å². The Bertz CT molecular complexity index is 1130. The minimum Gasteiger partial charge on any atom is -0.368 e. The molecular weight excluding hydrogens is 400 g/mol. The van der Waals surface area contributed by atoms with E-state index >= 15 is 0 Å². The van der Waals surface area contributed by atoms with Gasteiger partial charge in [-0.15, -0.1) is 0 Å². The van der Waals surface area contributed by atoms with Crippen LogP contribution in [0.2, 0.25) is 0 Å². The van der Waals surface area contributed by atoms with Gasteiger partial charge in [0.2, 0.25) is 5.95 Å². The molecule has 1 saturated heterocycles. The maximum absolute atomic E-state index is 4.94. The first-order valence-corrected chi connectivity index (χ1v) is 11.8. The van der Waals surface area contributed by atoms with Crippen molar-refractivity contribution in [2.45, 2.75) is 44.2 Å². The van der Waals surface area contributed by atoms with Gasteiger partial charge in [0.25, 0.3) is 0 Å². The maximum Gasteiger partial charge on any atom is 0.230 e. The zero-order valence-electron chi connectivity index (χ0n) is 18.7. The minimum absolute atomic E-state index is 0.0262. The van der Waals surface area contributed by atoms with Crippen LogP contribution in [-0.4, -0.2) is 63.9 Å². The molecule has 5 heterocycles. The van der Waals surface area contributed by atoms with Crippen LogP contribution in [0, 0.1) is 0 Å². The summed E-state index contributed by atoms with van der Waals surface area (Å²) in [7, 11) is 2.17.